The van der Waals surface area contributed by atoms with Crippen LogP contribution >= 0.6 is 23.2 Å². The fourth-order valence-corrected chi connectivity index (χ4v) is 5.17. The first-order valence-corrected chi connectivity index (χ1v) is 10.0. The summed E-state index contributed by atoms with van der Waals surface area (Å²) in [5, 5.41) is 1.37. The number of fused-ring (bicyclic) bond motifs is 1. The molecule has 2 aliphatic heterocycles. The van der Waals surface area contributed by atoms with Crippen molar-refractivity contribution in [2.75, 3.05) is 20.1 Å². The Hall–Kier alpha value is -1.75. The molecule has 0 bridgehead atoms. The summed E-state index contributed by atoms with van der Waals surface area (Å²) < 4.78 is 0. The van der Waals surface area contributed by atoms with Gasteiger partial charge in [0.25, 0.3) is 0 Å². The van der Waals surface area contributed by atoms with Crippen molar-refractivity contribution in [1.29, 1.82) is 0 Å². The molecule has 2 N–H and O–H groups in total. The van der Waals surface area contributed by atoms with E-state index in [1.807, 2.05) is 18.2 Å². The molecule has 0 aromatic heterocycles. The molecule has 142 valence electrons. The second-order valence-electron chi connectivity index (χ2n) is 7.52. The van der Waals surface area contributed by atoms with Crippen molar-refractivity contribution in [2.45, 2.75) is 31.3 Å². The van der Waals surface area contributed by atoms with Crippen LogP contribution < -0.4 is 5.73 Å². The fourth-order valence-electron chi connectivity index (χ4n) is 4.60. The number of amides is 2. The van der Waals surface area contributed by atoms with Crippen molar-refractivity contribution in [2.24, 2.45) is 5.73 Å². The van der Waals surface area contributed by atoms with Crippen LogP contribution in [-0.4, -0.2) is 36.0 Å². The molecule has 0 aliphatic carbocycles. The third-order valence-electron chi connectivity index (χ3n) is 5.76. The molecule has 0 saturated carbocycles. The molecule has 1 fully saturated rings. The number of carbonyl (C=O) groups is 1. The van der Waals surface area contributed by atoms with Gasteiger partial charge in [-0.2, -0.15) is 0 Å². The molecule has 0 radical (unpaired) electrons. The van der Waals surface area contributed by atoms with Gasteiger partial charge < -0.3 is 15.5 Å². The number of primary amides is 1. The summed E-state index contributed by atoms with van der Waals surface area (Å²) in [6.45, 7) is 2.40. The van der Waals surface area contributed by atoms with Crippen LogP contribution in [0.15, 0.2) is 36.4 Å². The largest absolute Gasteiger partial charge is 0.351 e. The van der Waals surface area contributed by atoms with E-state index in [2.05, 4.69) is 30.1 Å². The van der Waals surface area contributed by atoms with Gasteiger partial charge in [-0.1, -0.05) is 47.5 Å². The van der Waals surface area contributed by atoms with Crippen LogP contribution in [0.4, 0.5) is 4.79 Å². The van der Waals surface area contributed by atoms with Crippen LogP contribution in [0.1, 0.15) is 47.1 Å². The van der Waals surface area contributed by atoms with Crippen molar-refractivity contribution < 1.29 is 4.79 Å². The SMILES string of the molecule is CN1Cc2c(Cl)cc(Cl)cc2C(c2ccccc2C2CCCN2C(N)=O)C1. The number of carbonyl (C=O) groups excluding carboxylic acids is 1. The maximum Gasteiger partial charge on any atom is 0.315 e. The van der Waals surface area contributed by atoms with E-state index in [1.54, 1.807) is 4.90 Å². The zero-order chi connectivity index (χ0) is 19.1. The number of rotatable bonds is 2. The number of halogens is 2. The van der Waals surface area contributed by atoms with E-state index in [0.29, 0.717) is 16.6 Å². The topological polar surface area (TPSA) is 49.6 Å². The van der Waals surface area contributed by atoms with E-state index in [-0.39, 0.29) is 18.0 Å². The summed E-state index contributed by atoms with van der Waals surface area (Å²) in [5.74, 6) is 0.154. The Labute approximate surface area is 169 Å². The van der Waals surface area contributed by atoms with Gasteiger partial charge in [-0.15, -0.1) is 0 Å². The van der Waals surface area contributed by atoms with Gasteiger partial charge in [-0.3, -0.25) is 0 Å². The highest BCUT2D eigenvalue weighted by molar-refractivity contribution is 6.35. The molecule has 4 nitrogen and oxygen atoms in total. The summed E-state index contributed by atoms with van der Waals surface area (Å²) in [4.78, 5) is 16.0. The number of benzene rings is 2. The minimum absolute atomic E-state index is 0.0315. The molecule has 27 heavy (non-hydrogen) atoms. The molecule has 1 saturated heterocycles. The van der Waals surface area contributed by atoms with E-state index in [1.165, 1.54) is 16.7 Å². The third kappa shape index (κ3) is 3.42. The Balaban J connectivity index is 1.83. The normalized spacial score (nSPS) is 22.7. The van der Waals surface area contributed by atoms with Crippen molar-refractivity contribution in [3.05, 3.63) is 68.7 Å². The Kier molecular flexibility index (Phi) is 5.06. The Morgan fingerprint density at radius 2 is 1.89 bits per heavy atom. The first kappa shape index (κ1) is 18.6. The average molecular weight is 404 g/mol. The second-order valence-corrected chi connectivity index (χ2v) is 8.37. The van der Waals surface area contributed by atoms with Gasteiger partial charge in [0.1, 0.15) is 0 Å². The first-order valence-electron chi connectivity index (χ1n) is 9.27. The minimum atomic E-state index is -0.348. The van der Waals surface area contributed by atoms with E-state index in [4.69, 9.17) is 28.9 Å². The van der Waals surface area contributed by atoms with Gasteiger partial charge in [0, 0.05) is 35.6 Å². The molecular formula is C21H23Cl2N3O. The van der Waals surface area contributed by atoms with Gasteiger partial charge >= 0.3 is 6.03 Å². The van der Waals surface area contributed by atoms with Crippen LogP contribution in [0.3, 0.4) is 0 Å². The minimum Gasteiger partial charge on any atom is -0.351 e. The van der Waals surface area contributed by atoms with E-state index >= 15 is 0 Å². The van der Waals surface area contributed by atoms with Crippen molar-refractivity contribution in [1.82, 2.24) is 9.80 Å². The molecule has 2 atom stereocenters. The number of nitrogens with two attached hydrogens (primary N) is 1. The zero-order valence-corrected chi connectivity index (χ0v) is 16.8. The second kappa shape index (κ2) is 7.34. The molecule has 2 unspecified atom stereocenters. The van der Waals surface area contributed by atoms with Crippen LogP contribution in [0.2, 0.25) is 10.0 Å². The molecule has 4 rings (SSSR count). The Morgan fingerprint density at radius 1 is 1.15 bits per heavy atom. The van der Waals surface area contributed by atoms with Gasteiger partial charge in [0.15, 0.2) is 0 Å². The van der Waals surface area contributed by atoms with Gasteiger partial charge in [0.2, 0.25) is 0 Å². The number of hydrogen-bond acceptors (Lipinski definition) is 2. The maximum absolute atomic E-state index is 11.9. The maximum atomic E-state index is 11.9. The number of hydrogen-bond donors (Lipinski definition) is 1. The highest BCUT2D eigenvalue weighted by atomic mass is 35.5. The van der Waals surface area contributed by atoms with Crippen molar-refractivity contribution in [3.8, 4) is 0 Å². The lowest BCUT2D eigenvalue weighted by molar-refractivity contribution is 0.202. The van der Waals surface area contributed by atoms with Crippen molar-refractivity contribution >= 4 is 29.2 Å². The highest BCUT2D eigenvalue weighted by Crippen LogP contribution is 2.42. The lowest BCUT2D eigenvalue weighted by Gasteiger charge is -2.35. The summed E-state index contributed by atoms with van der Waals surface area (Å²) in [6, 6.07) is 11.9. The molecule has 2 aromatic carbocycles. The summed E-state index contributed by atoms with van der Waals surface area (Å²) in [7, 11) is 2.11. The standard InChI is InChI=1S/C21H23Cl2N3O/c1-25-11-17(16-9-13(22)10-19(23)18(16)12-25)14-5-2-3-6-15(14)20-7-4-8-26(20)21(24)27/h2-3,5-6,9-10,17,20H,4,7-8,11-12H2,1H3,(H2,24,27). The highest BCUT2D eigenvalue weighted by Gasteiger charge is 2.34. The fraction of sp³-hybridized carbons (Fsp3) is 0.381. The quantitative estimate of drug-likeness (QED) is 0.783. The van der Waals surface area contributed by atoms with Crippen LogP contribution in [-0.2, 0) is 6.54 Å². The summed E-state index contributed by atoms with van der Waals surface area (Å²) in [5.41, 5.74) is 10.4. The number of urea groups is 1. The summed E-state index contributed by atoms with van der Waals surface area (Å²) >= 11 is 12.9. The predicted octanol–water partition coefficient (Wildman–Crippen LogP) is 4.79. The molecule has 0 spiro atoms. The molecule has 2 aliphatic rings. The lowest BCUT2D eigenvalue weighted by Crippen LogP contribution is -2.36. The zero-order valence-electron chi connectivity index (χ0n) is 15.3. The first-order chi connectivity index (χ1) is 13.0. The number of likely N-dealkylation sites (tertiary alicyclic amines) is 1. The van der Waals surface area contributed by atoms with E-state index in [0.717, 1.165) is 31.5 Å². The molecule has 2 heterocycles. The van der Waals surface area contributed by atoms with E-state index in [9.17, 15) is 4.79 Å². The van der Waals surface area contributed by atoms with E-state index < -0.39 is 0 Å². The van der Waals surface area contributed by atoms with Gasteiger partial charge in [-0.25, -0.2) is 4.79 Å². The predicted molar refractivity (Wildman–Crippen MR) is 109 cm³/mol. The average Bonchev–Trinajstić information content (AvgIpc) is 3.12. The number of likely N-dealkylation sites (N-methyl/N-ethyl adjacent to an activating group) is 1. The van der Waals surface area contributed by atoms with Gasteiger partial charge in [-0.05, 0) is 54.3 Å². The lowest BCUT2D eigenvalue weighted by atomic mass is 9.81. The molecule has 2 aromatic rings. The number of nitrogens with zero attached hydrogens (tertiary/aromatic N) is 2. The van der Waals surface area contributed by atoms with Crippen LogP contribution in [0.5, 0.6) is 0 Å². The molecule has 6 heteroatoms. The third-order valence-corrected chi connectivity index (χ3v) is 6.31. The smallest absolute Gasteiger partial charge is 0.315 e. The Bertz CT molecular complexity index is 886. The summed E-state index contributed by atoms with van der Waals surface area (Å²) in [6.07, 6.45) is 1.91. The molecular weight excluding hydrogens is 381 g/mol. The van der Waals surface area contributed by atoms with Gasteiger partial charge in [0.05, 0.1) is 6.04 Å². The van der Waals surface area contributed by atoms with Crippen molar-refractivity contribution in [3.63, 3.8) is 0 Å². The monoisotopic (exact) mass is 403 g/mol. The van der Waals surface area contributed by atoms with Crippen LogP contribution in [0.25, 0.3) is 0 Å². The molecule has 2 amide bonds. The van der Waals surface area contributed by atoms with Crippen LogP contribution in [0, 0.1) is 0 Å². The Morgan fingerprint density at radius 3 is 2.63 bits per heavy atom.